The molecule has 2 N–H and O–H groups in total. The molecule has 0 radical (unpaired) electrons. The fourth-order valence-corrected chi connectivity index (χ4v) is 4.04. The van der Waals surface area contributed by atoms with E-state index in [2.05, 4.69) is 23.7 Å². The number of benzene rings is 4. The van der Waals surface area contributed by atoms with Crippen molar-refractivity contribution in [1.82, 2.24) is 0 Å². The minimum atomic E-state index is -1.54. The van der Waals surface area contributed by atoms with Gasteiger partial charge in [-0.3, -0.25) is 0 Å². The van der Waals surface area contributed by atoms with Gasteiger partial charge in [-0.05, 0) is 51.4 Å². The molecule has 2 heteroatoms. The van der Waals surface area contributed by atoms with Crippen molar-refractivity contribution in [2.75, 3.05) is 0 Å². The first kappa shape index (κ1) is 25.0. The molecule has 36 heavy (non-hydrogen) atoms. The molecule has 0 fully saturated rings. The van der Waals surface area contributed by atoms with Gasteiger partial charge < -0.3 is 10.2 Å². The second-order valence-corrected chi connectivity index (χ2v) is 9.38. The van der Waals surface area contributed by atoms with E-state index in [1.54, 1.807) is 0 Å². The molecular formula is C34H30O2. The normalized spacial score (nSPS) is 11.2. The van der Waals surface area contributed by atoms with Crippen LogP contribution in [0.2, 0.25) is 0 Å². The summed E-state index contributed by atoms with van der Waals surface area (Å²) in [5.41, 5.74) is 3.97. The predicted octanol–water partition coefficient (Wildman–Crippen LogP) is 6.10. The predicted molar refractivity (Wildman–Crippen MR) is 146 cm³/mol. The number of hydrogen-bond acceptors (Lipinski definition) is 2. The Bertz CT molecular complexity index is 1240. The molecule has 0 heterocycles. The highest BCUT2D eigenvalue weighted by molar-refractivity contribution is 5.51. The van der Waals surface area contributed by atoms with E-state index in [4.69, 9.17) is 0 Å². The first-order valence-corrected chi connectivity index (χ1v) is 12.0. The maximum atomic E-state index is 11.8. The van der Waals surface area contributed by atoms with Crippen molar-refractivity contribution in [1.29, 1.82) is 0 Å². The van der Waals surface area contributed by atoms with Gasteiger partial charge in [-0.25, -0.2) is 0 Å². The third-order valence-electron chi connectivity index (χ3n) is 6.43. The lowest BCUT2D eigenvalue weighted by Crippen LogP contribution is -2.26. The van der Waals surface area contributed by atoms with E-state index in [-0.39, 0.29) is 0 Å². The van der Waals surface area contributed by atoms with Gasteiger partial charge >= 0.3 is 0 Å². The molecule has 4 aromatic carbocycles. The molecule has 0 aromatic heterocycles. The summed E-state index contributed by atoms with van der Waals surface area (Å²) in [7, 11) is 0. The van der Waals surface area contributed by atoms with Crippen molar-refractivity contribution in [2.24, 2.45) is 0 Å². The summed E-state index contributed by atoms with van der Waals surface area (Å²) >= 11 is 0. The van der Waals surface area contributed by atoms with Crippen molar-refractivity contribution >= 4 is 0 Å². The molecule has 0 bridgehead atoms. The topological polar surface area (TPSA) is 40.5 Å². The Labute approximate surface area is 214 Å². The average molecular weight is 471 g/mol. The Hall–Kier alpha value is -4.08. The van der Waals surface area contributed by atoms with Crippen LogP contribution in [-0.4, -0.2) is 10.2 Å². The summed E-state index contributed by atoms with van der Waals surface area (Å²) < 4.78 is 0. The Balaban J connectivity index is 1.80. The van der Waals surface area contributed by atoms with Crippen molar-refractivity contribution in [3.05, 3.63) is 142 Å². The maximum absolute atomic E-state index is 11.8. The van der Waals surface area contributed by atoms with Crippen molar-refractivity contribution in [3.8, 4) is 23.7 Å². The molecule has 2 nitrogen and oxygen atoms in total. The van der Waals surface area contributed by atoms with Gasteiger partial charge in [0, 0.05) is 22.3 Å². The van der Waals surface area contributed by atoms with Crippen LogP contribution in [-0.2, 0) is 11.2 Å². The van der Waals surface area contributed by atoms with Gasteiger partial charge in [0.25, 0.3) is 0 Å². The van der Waals surface area contributed by atoms with Gasteiger partial charge in [0.05, 0.1) is 0 Å². The first-order chi connectivity index (χ1) is 17.2. The third-order valence-corrected chi connectivity index (χ3v) is 6.43. The van der Waals surface area contributed by atoms with Crippen molar-refractivity contribution < 1.29 is 10.2 Å². The van der Waals surface area contributed by atoms with E-state index in [1.165, 1.54) is 0 Å². The molecular weight excluding hydrogens is 440 g/mol. The Morgan fingerprint density at radius 3 is 0.778 bits per heavy atom. The molecule has 4 rings (SSSR count). The largest absolute Gasteiger partial charge is 0.369 e. The zero-order valence-electron chi connectivity index (χ0n) is 21.1. The molecule has 178 valence electrons. The quantitative estimate of drug-likeness (QED) is 0.354. The number of rotatable bonds is 4. The number of hydrogen-bond donors (Lipinski definition) is 2. The van der Waals surface area contributed by atoms with E-state index >= 15 is 0 Å². The van der Waals surface area contributed by atoms with E-state index in [0.717, 1.165) is 22.3 Å². The summed E-state index contributed by atoms with van der Waals surface area (Å²) in [6.45, 7) is 8.01. The Kier molecular flexibility index (Phi) is 7.14. The molecule has 0 saturated heterocycles. The maximum Gasteiger partial charge on any atom is 0.177 e. The summed E-state index contributed by atoms with van der Waals surface area (Å²) in [6, 6.07) is 30.7. The first-order valence-electron chi connectivity index (χ1n) is 12.0. The van der Waals surface area contributed by atoms with E-state index in [0.29, 0.717) is 22.3 Å². The van der Waals surface area contributed by atoms with Crippen molar-refractivity contribution in [3.63, 3.8) is 0 Å². The van der Waals surface area contributed by atoms with E-state index in [1.807, 2.05) is 125 Å². The Morgan fingerprint density at radius 1 is 0.389 bits per heavy atom. The molecule has 0 aliphatic rings. The fraction of sp³-hybridized carbons (Fsp3) is 0.176. The summed E-state index contributed by atoms with van der Waals surface area (Å²) in [4.78, 5) is 0. The zero-order valence-corrected chi connectivity index (χ0v) is 21.1. The lowest BCUT2D eigenvalue weighted by atomic mass is 9.85. The Morgan fingerprint density at radius 2 is 0.583 bits per heavy atom. The standard InChI is InChI=1S/C34H30O2/c1-25-7-15-29(16-8-25)33(35,30-17-9-26(2)10-18-30)23-5-6-24-34(36,31-19-11-27(3)12-20-31)32-21-13-28(4)14-22-32/h7-22,35-36H,1-4H3. The summed E-state index contributed by atoms with van der Waals surface area (Å²) in [5.74, 6) is 11.7. The van der Waals surface area contributed by atoms with Crippen LogP contribution in [0.1, 0.15) is 44.5 Å². The van der Waals surface area contributed by atoms with E-state index in [9.17, 15) is 10.2 Å². The van der Waals surface area contributed by atoms with Gasteiger partial charge in [0.1, 0.15) is 0 Å². The molecule has 0 saturated carbocycles. The van der Waals surface area contributed by atoms with Crippen LogP contribution in [0.3, 0.4) is 0 Å². The van der Waals surface area contributed by atoms with Crippen LogP contribution < -0.4 is 0 Å². The van der Waals surface area contributed by atoms with Gasteiger partial charge in [-0.1, -0.05) is 119 Å². The monoisotopic (exact) mass is 470 g/mol. The zero-order chi connectivity index (χ0) is 25.8. The smallest absolute Gasteiger partial charge is 0.177 e. The van der Waals surface area contributed by atoms with Crippen LogP contribution in [0, 0.1) is 51.4 Å². The third kappa shape index (κ3) is 5.27. The second-order valence-electron chi connectivity index (χ2n) is 9.38. The van der Waals surface area contributed by atoms with Crippen LogP contribution in [0.5, 0.6) is 0 Å². The average Bonchev–Trinajstić information content (AvgIpc) is 2.88. The minimum absolute atomic E-state index is 0.665. The van der Waals surface area contributed by atoms with Crippen LogP contribution in [0.15, 0.2) is 97.1 Å². The van der Waals surface area contributed by atoms with Crippen LogP contribution in [0.25, 0.3) is 0 Å². The molecule has 0 amide bonds. The highest BCUT2D eigenvalue weighted by Gasteiger charge is 2.31. The molecule has 0 atom stereocenters. The van der Waals surface area contributed by atoms with Crippen LogP contribution in [0.4, 0.5) is 0 Å². The fourth-order valence-electron chi connectivity index (χ4n) is 4.04. The minimum Gasteiger partial charge on any atom is -0.369 e. The molecule has 0 spiro atoms. The van der Waals surface area contributed by atoms with Crippen LogP contribution >= 0.6 is 0 Å². The number of aryl methyl sites for hydroxylation is 4. The summed E-state index contributed by atoms with van der Waals surface area (Å²) in [5, 5.41) is 23.5. The number of aliphatic hydroxyl groups is 2. The molecule has 0 aliphatic heterocycles. The van der Waals surface area contributed by atoms with Gasteiger partial charge in [0.15, 0.2) is 11.2 Å². The molecule has 0 unspecified atom stereocenters. The summed E-state index contributed by atoms with van der Waals surface area (Å²) in [6.07, 6.45) is 0. The van der Waals surface area contributed by atoms with Gasteiger partial charge in [0.2, 0.25) is 0 Å². The van der Waals surface area contributed by atoms with Gasteiger partial charge in [-0.15, -0.1) is 0 Å². The second kappa shape index (κ2) is 10.3. The lowest BCUT2D eigenvalue weighted by Gasteiger charge is -2.24. The SMILES string of the molecule is Cc1ccc(C(O)(C#CC#CC(O)(c2ccc(C)cc2)c2ccc(C)cc2)c2ccc(C)cc2)cc1. The highest BCUT2D eigenvalue weighted by Crippen LogP contribution is 2.31. The van der Waals surface area contributed by atoms with E-state index < -0.39 is 11.2 Å². The highest BCUT2D eigenvalue weighted by atomic mass is 16.3. The molecule has 0 aliphatic carbocycles. The lowest BCUT2D eigenvalue weighted by molar-refractivity contribution is 0.144. The van der Waals surface area contributed by atoms with Gasteiger partial charge in [-0.2, -0.15) is 0 Å². The van der Waals surface area contributed by atoms with Crippen molar-refractivity contribution in [2.45, 2.75) is 38.9 Å². The molecule has 4 aromatic rings.